The lowest BCUT2D eigenvalue weighted by Gasteiger charge is -2.42. The lowest BCUT2D eigenvalue weighted by Crippen LogP contribution is -2.48. The van der Waals surface area contributed by atoms with Crippen LogP contribution in [0.2, 0.25) is 16.6 Å². The molecule has 0 saturated heterocycles. The van der Waals surface area contributed by atoms with Crippen molar-refractivity contribution in [1.82, 2.24) is 0 Å². The first-order chi connectivity index (χ1) is 10.6. The Morgan fingerprint density at radius 1 is 1.09 bits per heavy atom. The van der Waals surface area contributed by atoms with Gasteiger partial charge in [0.1, 0.15) is 0 Å². The third-order valence-electron chi connectivity index (χ3n) is 5.19. The monoisotopic (exact) mass is 340 g/mol. The van der Waals surface area contributed by atoms with Crippen molar-refractivity contribution in [3.05, 3.63) is 24.3 Å². The van der Waals surface area contributed by atoms with Crippen molar-refractivity contribution < 1.29 is 9.53 Å². The van der Waals surface area contributed by atoms with Crippen LogP contribution < -0.4 is 0 Å². The van der Waals surface area contributed by atoms with Gasteiger partial charge < -0.3 is 9.53 Å². The van der Waals surface area contributed by atoms with E-state index >= 15 is 0 Å². The minimum atomic E-state index is -1.81. The third kappa shape index (κ3) is 6.20. The minimum absolute atomic E-state index is 0.373. The molecule has 2 atom stereocenters. The summed E-state index contributed by atoms with van der Waals surface area (Å²) >= 11 is 0. The number of rotatable bonds is 11. The van der Waals surface area contributed by atoms with Gasteiger partial charge in [0, 0.05) is 6.61 Å². The molecule has 0 rings (SSSR count). The Balaban J connectivity index is 5.12. The minimum Gasteiger partial charge on any atom is -0.415 e. The molecule has 2 nitrogen and oxygen atoms in total. The van der Waals surface area contributed by atoms with E-state index in [1.54, 1.807) is 6.08 Å². The second-order valence-electron chi connectivity index (χ2n) is 7.75. The van der Waals surface area contributed by atoms with E-state index in [9.17, 15) is 5.11 Å². The van der Waals surface area contributed by atoms with Crippen molar-refractivity contribution in [3.63, 3.8) is 0 Å². The van der Waals surface area contributed by atoms with Gasteiger partial charge in [0.05, 0.1) is 6.10 Å². The fraction of sp³-hybridized carbons (Fsp3) is 0.800. The average molecular weight is 341 g/mol. The van der Waals surface area contributed by atoms with Gasteiger partial charge in [0.15, 0.2) is 8.32 Å². The number of aliphatic hydroxyl groups excluding tert-OH is 1. The van der Waals surface area contributed by atoms with Gasteiger partial charge in [-0.05, 0) is 47.9 Å². The van der Waals surface area contributed by atoms with E-state index in [0.29, 0.717) is 29.0 Å². The molecule has 0 aromatic rings. The Bertz CT molecular complexity index is 350. The van der Waals surface area contributed by atoms with E-state index in [1.165, 1.54) is 0 Å². The highest BCUT2D eigenvalue weighted by molar-refractivity contribution is 6.77. The molecule has 0 aromatic heterocycles. The van der Waals surface area contributed by atoms with Crippen LogP contribution in [0.3, 0.4) is 0 Å². The quantitative estimate of drug-likeness (QED) is 0.364. The highest BCUT2D eigenvalue weighted by atomic mass is 28.4. The smallest absolute Gasteiger partial charge is 0.200 e. The van der Waals surface area contributed by atoms with Gasteiger partial charge in [0.2, 0.25) is 0 Å². The molecule has 0 fully saturated rings. The van der Waals surface area contributed by atoms with E-state index in [2.05, 4.69) is 61.1 Å². The Labute approximate surface area is 146 Å². The number of hydrogen-bond acceptors (Lipinski definition) is 2. The maximum absolute atomic E-state index is 10.1. The van der Waals surface area contributed by atoms with Crippen molar-refractivity contribution in [3.8, 4) is 0 Å². The topological polar surface area (TPSA) is 29.5 Å². The molecule has 0 aromatic carbocycles. The molecule has 0 heterocycles. The fourth-order valence-corrected chi connectivity index (χ4v) is 9.36. The Hall–Kier alpha value is -0.383. The predicted molar refractivity (Wildman–Crippen MR) is 105 cm³/mol. The first-order valence-electron chi connectivity index (χ1n) is 9.24. The molecule has 0 unspecified atom stereocenters. The summed E-state index contributed by atoms with van der Waals surface area (Å²) in [5.74, 6) is 0.373. The Morgan fingerprint density at radius 2 is 1.57 bits per heavy atom. The van der Waals surface area contributed by atoms with E-state index in [4.69, 9.17) is 4.43 Å². The SMILES string of the molecule is C=CC[C@@H](O)/C(C)=C\[C@@H](CC)CO[Si](C(C)C)(C(C)C)C(C)C. The van der Waals surface area contributed by atoms with Crippen LogP contribution in [0.1, 0.15) is 68.2 Å². The molecular weight excluding hydrogens is 300 g/mol. The zero-order valence-corrected chi connectivity index (χ0v) is 17.7. The Kier molecular flexibility index (Phi) is 10.3. The summed E-state index contributed by atoms with van der Waals surface area (Å²) in [6, 6.07) is 0. The van der Waals surface area contributed by atoms with Gasteiger partial charge in [-0.15, -0.1) is 6.58 Å². The molecule has 23 heavy (non-hydrogen) atoms. The van der Waals surface area contributed by atoms with Crippen LogP contribution in [-0.4, -0.2) is 26.1 Å². The lowest BCUT2D eigenvalue weighted by molar-refractivity contribution is 0.209. The molecule has 0 aliphatic heterocycles. The molecule has 3 heteroatoms. The van der Waals surface area contributed by atoms with Crippen molar-refractivity contribution in [2.75, 3.05) is 6.61 Å². The maximum Gasteiger partial charge on any atom is 0.200 e. The zero-order chi connectivity index (χ0) is 18.2. The standard InChI is InChI=1S/C20H40O2Si/c1-10-12-20(21)18(9)13-19(11-2)14-22-23(15(3)4,16(5)6)17(7)8/h10,13,15-17,19-21H,1,11-12,14H2,2-9H3/b18-13-/t19-,20-/m1/s1. The fourth-order valence-electron chi connectivity index (χ4n) is 3.86. The summed E-state index contributed by atoms with van der Waals surface area (Å²) in [5.41, 5.74) is 2.86. The number of aliphatic hydroxyl groups is 1. The molecule has 0 aliphatic carbocycles. The molecule has 1 N–H and O–H groups in total. The van der Waals surface area contributed by atoms with Crippen LogP contribution in [0.5, 0.6) is 0 Å². The summed E-state index contributed by atoms with van der Waals surface area (Å²) < 4.78 is 6.70. The largest absolute Gasteiger partial charge is 0.415 e. The number of hydrogen-bond donors (Lipinski definition) is 1. The second kappa shape index (κ2) is 10.5. The summed E-state index contributed by atoms with van der Waals surface area (Å²) in [6.07, 6.45) is 5.21. The van der Waals surface area contributed by atoms with Crippen molar-refractivity contribution in [2.24, 2.45) is 5.92 Å². The first-order valence-corrected chi connectivity index (χ1v) is 11.4. The normalized spacial score (nSPS) is 16.3. The van der Waals surface area contributed by atoms with Crippen LogP contribution in [0.4, 0.5) is 0 Å². The second-order valence-corrected chi connectivity index (χ2v) is 13.2. The van der Waals surface area contributed by atoms with Gasteiger partial charge in [0.25, 0.3) is 0 Å². The van der Waals surface area contributed by atoms with Crippen molar-refractivity contribution in [2.45, 2.75) is 91.0 Å². The van der Waals surface area contributed by atoms with E-state index in [-0.39, 0.29) is 0 Å². The van der Waals surface area contributed by atoms with E-state index in [0.717, 1.165) is 18.6 Å². The molecule has 0 spiro atoms. The van der Waals surface area contributed by atoms with Crippen LogP contribution >= 0.6 is 0 Å². The summed E-state index contributed by atoms with van der Waals surface area (Å²) in [7, 11) is -1.81. The van der Waals surface area contributed by atoms with Gasteiger partial charge in [-0.25, -0.2) is 0 Å². The molecule has 0 bridgehead atoms. The molecule has 0 amide bonds. The highest BCUT2D eigenvalue weighted by Crippen LogP contribution is 2.42. The highest BCUT2D eigenvalue weighted by Gasteiger charge is 2.45. The molecule has 0 aliphatic rings. The van der Waals surface area contributed by atoms with Crippen molar-refractivity contribution in [1.29, 1.82) is 0 Å². The third-order valence-corrected chi connectivity index (χ3v) is 11.3. The summed E-state index contributed by atoms with van der Waals surface area (Å²) in [5, 5.41) is 10.1. The van der Waals surface area contributed by atoms with Crippen molar-refractivity contribution >= 4 is 8.32 Å². The Morgan fingerprint density at radius 3 is 1.91 bits per heavy atom. The lowest BCUT2D eigenvalue weighted by atomic mass is 10.0. The summed E-state index contributed by atoms with van der Waals surface area (Å²) in [4.78, 5) is 0. The maximum atomic E-state index is 10.1. The summed E-state index contributed by atoms with van der Waals surface area (Å²) in [6.45, 7) is 22.6. The average Bonchev–Trinajstić information content (AvgIpc) is 2.45. The van der Waals surface area contributed by atoms with Crippen LogP contribution in [0, 0.1) is 5.92 Å². The first kappa shape index (κ1) is 22.6. The van der Waals surface area contributed by atoms with Gasteiger partial charge in [-0.2, -0.15) is 0 Å². The molecule has 0 saturated carbocycles. The van der Waals surface area contributed by atoms with E-state index in [1.807, 2.05) is 6.92 Å². The zero-order valence-electron chi connectivity index (χ0n) is 16.7. The molecule has 0 radical (unpaired) electrons. The van der Waals surface area contributed by atoms with Crippen LogP contribution in [-0.2, 0) is 4.43 Å². The molecule has 136 valence electrons. The van der Waals surface area contributed by atoms with Gasteiger partial charge in [-0.3, -0.25) is 0 Å². The van der Waals surface area contributed by atoms with Gasteiger partial charge >= 0.3 is 0 Å². The van der Waals surface area contributed by atoms with Crippen LogP contribution in [0.25, 0.3) is 0 Å². The molecular formula is C20H40O2Si. The van der Waals surface area contributed by atoms with Crippen LogP contribution in [0.15, 0.2) is 24.3 Å². The van der Waals surface area contributed by atoms with Gasteiger partial charge in [-0.1, -0.05) is 60.6 Å². The predicted octanol–water partition coefficient (Wildman–Crippen LogP) is 6.09. The van der Waals surface area contributed by atoms with E-state index < -0.39 is 14.4 Å².